The van der Waals surface area contributed by atoms with Gasteiger partial charge < -0.3 is 15.4 Å². The van der Waals surface area contributed by atoms with Gasteiger partial charge in [0.25, 0.3) is 0 Å². The van der Waals surface area contributed by atoms with Crippen LogP contribution in [-0.4, -0.2) is 41.1 Å². The highest BCUT2D eigenvalue weighted by Crippen LogP contribution is 2.29. The summed E-state index contributed by atoms with van der Waals surface area (Å²) >= 11 is 1.74. The van der Waals surface area contributed by atoms with E-state index >= 15 is 0 Å². The first kappa shape index (κ1) is 25.7. The van der Waals surface area contributed by atoms with Crippen molar-refractivity contribution in [1.29, 1.82) is 0 Å². The van der Waals surface area contributed by atoms with E-state index in [9.17, 15) is 0 Å². The van der Waals surface area contributed by atoms with Crippen LogP contribution in [0.4, 0.5) is 23.1 Å². The third-order valence-corrected chi connectivity index (χ3v) is 6.80. The predicted octanol–water partition coefficient (Wildman–Crippen LogP) is 7.01. The summed E-state index contributed by atoms with van der Waals surface area (Å²) in [6.45, 7) is 15.9. The first-order chi connectivity index (χ1) is 16.5. The van der Waals surface area contributed by atoms with E-state index in [2.05, 4.69) is 58.2 Å². The molecule has 34 heavy (non-hydrogen) atoms. The van der Waals surface area contributed by atoms with Crippen molar-refractivity contribution in [3.05, 3.63) is 64.5 Å². The van der Waals surface area contributed by atoms with Crippen LogP contribution in [0.3, 0.4) is 0 Å². The molecular formula is C27H37N5OS. The minimum atomic E-state index is 0.565. The van der Waals surface area contributed by atoms with Gasteiger partial charge in [0.05, 0.1) is 5.69 Å². The van der Waals surface area contributed by atoms with Gasteiger partial charge in [0, 0.05) is 34.2 Å². The third kappa shape index (κ3) is 7.57. The number of ether oxygens (including phenoxy) is 1. The number of thiophene rings is 1. The summed E-state index contributed by atoms with van der Waals surface area (Å²) in [6.07, 6.45) is 7.42. The van der Waals surface area contributed by atoms with E-state index in [1.54, 1.807) is 11.3 Å². The Balaban J connectivity index is 0.000000751. The standard InChI is InChI=1S/C23H29N5OS.C4H8/c1-16-14-24-23(27-22(16)26-21-15-30-18(3)17(21)2)25-19-6-8-20(9-7-19)29-13-12-28-10-4-5-11-28;1-3-4-2/h6-9,14-15H,4-5,10-13H2,1-3H3,(H2,24,25,26,27);3H,1,4H2,2H3. The van der Waals surface area contributed by atoms with Crippen LogP contribution in [-0.2, 0) is 0 Å². The van der Waals surface area contributed by atoms with E-state index in [1.807, 2.05) is 43.5 Å². The summed E-state index contributed by atoms with van der Waals surface area (Å²) in [5.41, 5.74) is 4.29. The Labute approximate surface area is 208 Å². The van der Waals surface area contributed by atoms with E-state index in [1.165, 1.54) is 36.4 Å². The number of hydrogen-bond donors (Lipinski definition) is 2. The van der Waals surface area contributed by atoms with Crippen LogP contribution < -0.4 is 15.4 Å². The van der Waals surface area contributed by atoms with Gasteiger partial charge in [-0.25, -0.2) is 4.98 Å². The first-order valence-corrected chi connectivity index (χ1v) is 12.9. The topological polar surface area (TPSA) is 62.3 Å². The van der Waals surface area contributed by atoms with Crippen molar-refractivity contribution in [3.8, 4) is 5.75 Å². The molecule has 7 heteroatoms. The molecule has 2 N–H and O–H groups in total. The Bertz CT molecular complexity index is 1040. The van der Waals surface area contributed by atoms with Crippen molar-refractivity contribution >= 4 is 34.5 Å². The maximum atomic E-state index is 5.88. The second-order valence-electron chi connectivity index (χ2n) is 8.42. The lowest BCUT2D eigenvalue weighted by atomic mass is 10.2. The van der Waals surface area contributed by atoms with Crippen LogP contribution in [0.5, 0.6) is 5.75 Å². The van der Waals surface area contributed by atoms with Crippen molar-refractivity contribution in [2.75, 3.05) is 36.9 Å². The number of nitrogens with zero attached hydrogens (tertiary/aromatic N) is 3. The van der Waals surface area contributed by atoms with Crippen LogP contribution in [0.15, 0.2) is 48.5 Å². The molecule has 0 radical (unpaired) electrons. The maximum Gasteiger partial charge on any atom is 0.229 e. The first-order valence-electron chi connectivity index (χ1n) is 12.0. The van der Waals surface area contributed by atoms with Crippen molar-refractivity contribution < 1.29 is 4.74 Å². The smallest absolute Gasteiger partial charge is 0.229 e. The fraction of sp³-hybridized carbons (Fsp3) is 0.407. The molecular weight excluding hydrogens is 442 g/mol. The van der Waals surface area contributed by atoms with Gasteiger partial charge in [0.2, 0.25) is 5.95 Å². The quantitative estimate of drug-likeness (QED) is 0.322. The zero-order chi connectivity index (χ0) is 24.3. The lowest BCUT2D eigenvalue weighted by Crippen LogP contribution is -2.25. The average Bonchev–Trinajstić information content (AvgIpc) is 3.48. The molecule has 1 aromatic carbocycles. The second-order valence-corrected chi connectivity index (χ2v) is 9.51. The molecule has 1 aliphatic rings. The molecule has 4 rings (SSSR count). The van der Waals surface area contributed by atoms with Gasteiger partial charge in [-0.1, -0.05) is 13.0 Å². The Morgan fingerprint density at radius 3 is 2.44 bits per heavy atom. The average molecular weight is 480 g/mol. The number of allylic oxidation sites excluding steroid dienone is 1. The van der Waals surface area contributed by atoms with Crippen molar-refractivity contribution in [2.45, 2.75) is 47.0 Å². The van der Waals surface area contributed by atoms with Crippen molar-refractivity contribution in [1.82, 2.24) is 14.9 Å². The second kappa shape index (κ2) is 13.1. The minimum absolute atomic E-state index is 0.565. The molecule has 6 nitrogen and oxygen atoms in total. The fourth-order valence-electron chi connectivity index (χ4n) is 3.46. The van der Waals surface area contributed by atoms with Crippen LogP contribution in [0.25, 0.3) is 0 Å². The summed E-state index contributed by atoms with van der Waals surface area (Å²) in [6, 6.07) is 7.95. The summed E-state index contributed by atoms with van der Waals surface area (Å²) in [5.74, 6) is 2.26. The molecule has 0 amide bonds. The number of nitrogens with one attached hydrogen (secondary N) is 2. The van der Waals surface area contributed by atoms with Gasteiger partial charge in [-0.3, -0.25) is 4.90 Å². The van der Waals surface area contributed by atoms with Crippen LogP contribution in [0, 0.1) is 20.8 Å². The Hall–Kier alpha value is -2.90. The SMILES string of the molecule is C=CCC.Cc1cnc(Nc2ccc(OCCN3CCCC3)cc2)nc1Nc1csc(C)c1C. The molecule has 1 fully saturated rings. The van der Waals surface area contributed by atoms with E-state index in [-0.39, 0.29) is 0 Å². The van der Waals surface area contributed by atoms with E-state index in [0.29, 0.717) is 5.95 Å². The van der Waals surface area contributed by atoms with Crippen LogP contribution >= 0.6 is 11.3 Å². The molecule has 182 valence electrons. The Kier molecular flexibility index (Phi) is 9.91. The van der Waals surface area contributed by atoms with Gasteiger partial charge in [0.1, 0.15) is 18.2 Å². The summed E-state index contributed by atoms with van der Waals surface area (Å²) < 4.78 is 5.88. The molecule has 0 saturated carbocycles. The predicted molar refractivity (Wildman–Crippen MR) is 145 cm³/mol. The number of rotatable bonds is 9. The van der Waals surface area contributed by atoms with E-state index in [0.717, 1.165) is 48.1 Å². The number of aryl methyl sites for hydroxylation is 2. The number of anilines is 4. The molecule has 0 atom stereocenters. The van der Waals surface area contributed by atoms with Gasteiger partial charge >= 0.3 is 0 Å². The number of hydrogen-bond acceptors (Lipinski definition) is 7. The maximum absolute atomic E-state index is 5.88. The lowest BCUT2D eigenvalue weighted by molar-refractivity contribution is 0.238. The summed E-state index contributed by atoms with van der Waals surface area (Å²) in [7, 11) is 0. The fourth-order valence-corrected chi connectivity index (χ4v) is 4.27. The van der Waals surface area contributed by atoms with Crippen LogP contribution in [0.2, 0.25) is 0 Å². The zero-order valence-corrected chi connectivity index (χ0v) is 21.7. The minimum Gasteiger partial charge on any atom is -0.492 e. The number of aromatic nitrogens is 2. The Morgan fingerprint density at radius 2 is 1.82 bits per heavy atom. The van der Waals surface area contributed by atoms with Gasteiger partial charge in [0.15, 0.2) is 0 Å². The third-order valence-electron chi connectivity index (χ3n) is 5.78. The highest BCUT2D eigenvalue weighted by molar-refractivity contribution is 7.10. The summed E-state index contributed by atoms with van der Waals surface area (Å²) in [4.78, 5) is 12.9. The van der Waals surface area contributed by atoms with E-state index < -0.39 is 0 Å². The molecule has 2 aromatic heterocycles. The molecule has 3 heterocycles. The van der Waals surface area contributed by atoms with E-state index in [4.69, 9.17) is 4.74 Å². The van der Waals surface area contributed by atoms with Crippen molar-refractivity contribution in [2.24, 2.45) is 0 Å². The normalized spacial score (nSPS) is 13.2. The molecule has 0 spiro atoms. The molecule has 0 aliphatic carbocycles. The summed E-state index contributed by atoms with van der Waals surface area (Å²) in [5, 5.41) is 8.85. The largest absolute Gasteiger partial charge is 0.492 e. The molecule has 0 unspecified atom stereocenters. The zero-order valence-electron chi connectivity index (χ0n) is 20.9. The molecule has 1 aliphatic heterocycles. The van der Waals surface area contributed by atoms with Gasteiger partial charge in [-0.2, -0.15) is 4.98 Å². The van der Waals surface area contributed by atoms with Crippen LogP contribution in [0.1, 0.15) is 42.2 Å². The van der Waals surface area contributed by atoms with Gasteiger partial charge in [-0.05, 0) is 83.0 Å². The molecule has 3 aromatic rings. The monoisotopic (exact) mass is 479 g/mol. The lowest BCUT2D eigenvalue weighted by Gasteiger charge is -2.15. The highest BCUT2D eigenvalue weighted by Gasteiger charge is 2.11. The highest BCUT2D eigenvalue weighted by atomic mass is 32.1. The number of benzene rings is 1. The number of likely N-dealkylation sites (tertiary alicyclic amines) is 1. The molecule has 0 bridgehead atoms. The molecule has 1 saturated heterocycles. The Morgan fingerprint density at radius 1 is 1.12 bits per heavy atom. The van der Waals surface area contributed by atoms with Gasteiger partial charge in [-0.15, -0.1) is 17.9 Å². The van der Waals surface area contributed by atoms with Crippen molar-refractivity contribution in [3.63, 3.8) is 0 Å².